The molecule has 2 aliphatic rings. The lowest BCUT2D eigenvalue weighted by atomic mass is 10.0. The van der Waals surface area contributed by atoms with Crippen molar-refractivity contribution in [2.75, 3.05) is 48.3 Å². The van der Waals surface area contributed by atoms with Gasteiger partial charge in [0, 0.05) is 37.6 Å². The second-order valence-corrected chi connectivity index (χ2v) is 8.50. The van der Waals surface area contributed by atoms with Crippen LogP contribution in [-0.2, 0) is 9.59 Å². The minimum Gasteiger partial charge on any atom is -0.369 e. The van der Waals surface area contributed by atoms with E-state index in [-0.39, 0.29) is 11.3 Å². The van der Waals surface area contributed by atoms with Crippen molar-refractivity contribution >= 4 is 34.4 Å². The van der Waals surface area contributed by atoms with E-state index in [1.807, 2.05) is 30.3 Å². The fourth-order valence-corrected chi connectivity index (χ4v) is 4.31. The molecule has 2 amide bonds. The Morgan fingerprint density at radius 1 is 0.735 bits per heavy atom. The van der Waals surface area contributed by atoms with Crippen molar-refractivity contribution in [1.82, 2.24) is 4.90 Å². The summed E-state index contributed by atoms with van der Waals surface area (Å²) < 4.78 is 13.5. The fourth-order valence-electron chi connectivity index (χ4n) is 4.31. The van der Waals surface area contributed by atoms with Crippen LogP contribution in [0.3, 0.4) is 0 Å². The first-order valence-corrected chi connectivity index (χ1v) is 11.3. The highest BCUT2D eigenvalue weighted by Gasteiger charge is 2.40. The van der Waals surface area contributed by atoms with E-state index in [1.54, 1.807) is 24.3 Å². The van der Waals surface area contributed by atoms with Gasteiger partial charge in [-0.1, -0.05) is 30.3 Å². The summed E-state index contributed by atoms with van der Waals surface area (Å²) in [4.78, 5) is 32.6. The van der Waals surface area contributed by atoms with E-state index >= 15 is 0 Å². The molecule has 34 heavy (non-hydrogen) atoms. The number of piperazine rings is 1. The minimum atomic E-state index is -0.446. The van der Waals surface area contributed by atoms with Crippen LogP contribution in [0.4, 0.5) is 21.5 Å². The molecule has 5 rings (SSSR count). The van der Waals surface area contributed by atoms with Crippen molar-refractivity contribution in [2.45, 2.75) is 0 Å². The first-order chi connectivity index (χ1) is 16.5. The van der Waals surface area contributed by atoms with Crippen molar-refractivity contribution in [3.63, 3.8) is 0 Å². The Kier molecular flexibility index (Phi) is 5.86. The molecule has 0 aliphatic carbocycles. The number of amides is 2. The molecule has 1 N–H and O–H groups in total. The molecule has 7 heteroatoms. The Bertz CT molecular complexity index is 1230. The number of carbonyl (C=O) groups is 2. The van der Waals surface area contributed by atoms with Crippen LogP contribution >= 0.6 is 0 Å². The number of nitrogens with one attached hydrogen (secondary N) is 1. The van der Waals surface area contributed by atoms with Crippen molar-refractivity contribution in [3.8, 4) is 0 Å². The Labute approximate surface area is 197 Å². The zero-order valence-electron chi connectivity index (χ0n) is 18.9. The van der Waals surface area contributed by atoms with E-state index in [0.717, 1.165) is 36.8 Å². The number of carbonyl (C=O) groups excluding carboxylic acids is 2. The number of anilines is 3. The van der Waals surface area contributed by atoms with Crippen molar-refractivity contribution in [3.05, 3.63) is 95.9 Å². The number of para-hydroxylation sites is 1. The maximum atomic E-state index is 13.5. The number of nitrogens with zero attached hydrogens (tertiary/aromatic N) is 3. The Hall–Kier alpha value is -3.97. The van der Waals surface area contributed by atoms with Crippen LogP contribution in [0.1, 0.15) is 5.56 Å². The van der Waals surface area contributed by atoms with Gasteiger partial charge in [-0.2, -0.15) is 0 Å². The first kappa shape index (κ1) is 21.9. The molecule has 2 heterocycles. The van der Waals surface area contributed by atoms with Crippen molar-refractivity contribution < 1.29 is 14.0 Å². The number of likely N-dealkylation sites (N-methyl/N-ethyl adjacent to an activating group) is 1. The molecular formula is C27H25FN4O2. The summed E-state index contributed by atoms with van der Waals surface area (Å²) in [6, 6.07) is 22.3. The number of halogens is 1. The van der Waals surface area contributed by atoms with Gasteiger partial charge in [-0.15, -0.1) is 0 Å². The summed E-state index contributed by atoms with van der Waals surface area (Å²) in [5.41, 5.74) is 3.17. The van der Waals surface area contributed by atoms with E-state index in [2.05, 4.69) is 22.2 Å². The second kappa shape index (κ2) is 9.11. The Morgan fingerprint density at radius 2 is 1.38 bits per heavy atom. The molecule has 172 valence electrons. The topological polar surface area (TPSA) is 55.9 Å². The maximum absolute atomic E-state index is 13.5. The lowest BCUT2D eigenvalue weighted by Gasteiger charge is -2.34. The monoisotopic (exact) mass is 456 g/mol. The molecule has 6 nitrogen and oxygen atoms in total. The third kappa shape index (κ3) is 4.18. The van der Waals surface area contributed by atoms with Gasteiger partial charge in [0.1, 0.15) is 11.5 Å². The van der Waals surface area contributed by atoms with Crippen molar-refractivity contribution in [2.24, 2.45) is 0 Å². The smallest absolute Gasteiger partial charge is 0.282 e. The van der Waals surface area contributed by atoms with E-state index in [9.17, 15) is 14.0 Å². The Morgan fingerprint density at radius 3 is 2.03 bits per heavy atom. The van der Waals surface area contributed by atoms with Crippen LogP contribution in [0.5, 0.6) is 0 Å². The van der Waals surface area contributed by atoms with Crippen LogP contribution < -0.4 is 15.1 Å². The van der Waals surface area contributed by atoms with Gasteiger partial charge in [-0.25, -0.2) is 9.29 Å². The number of rotatable bonds is 5. The SMILES string of the molecule is CN1CCN(c2ccc(NC3=C(c4ccc(F)cc4)C(=O)N(c4ccccc4)C3=O)cc2)CC1. The highest BCUT2D eigenvalue weighted by molar-refractivity contribution is 6.46. The maximum Gasteiger partial charge on any atom is 0.282 e. The van der Waals surface area contributed by atoms with Gasteiger partial charge in [0.2, 0.25) is 0 Å². The predicted octanol–water partition coefficient (Wildman–Crippen LogP) is 3.97. The van der Waals surface area contributed by atoms with E-state index in [1.165, 1.54) is 24.3 Å². The first-order valence-electron chi connectivity index (χ1n) is 11.3. The van der Waals surface area contributed by atoms with Gasteiger partial charge >= 0.3 is 0 Å². The fraction of sp³-hybridized carbons (Fsp3) is 0.185. The summed E-state index contributed by atoms with van der Waals surface area (Å²) in [6.07, 6.45) is 0. The zero-order valence-corrected chi connectivity index (χ0v) is 18.9. The number of hydrogen-bond donors (Lipinski definition) is 1. The third-order valence-corrected chi connectivity index (χ3v) is 6.24. The quantitative estimate of drug-likeness (QED) is 0.589. The van der Waals surface area contributed by atoms with Crippen molar-refractivity contribution in [1.29, 1.82) is 0 Å². The molecule has 3 aromatic carbocycles. The summed E-state index contributed by atoms with van der Waals surface area (Å²) in [7, 11) is 2.12. The molecule has 1 fully saturated rings. The average Bonchev–Trinajstić information content (AvgIpc) is 3.10. The predicted molar refractivity (Wildman–Crippen MR) is 132 cm³/mol. The van der Waals surface area contributed by atoms with Crippen LogP contribution in [0.2, 0.25) is 0 Å². The summed E-state index contributed by atoms with van der Waals surface area (Å²) in [5, 5.41) is 3.17. The standard InChI is InChI=1S/C27H25FN4O2/c1-30-15-17-31(18-16-30)22-13-11-21(12-14-22)29-25-24(19-7-9-20(28)10-8-19)26(33)32(27(25)34)23-5-3-2-4-6-23/h2-14,29H,15-18H2,1H3. The molecule has 2 aliphatic heterocycles. The van der Waals surface area contributed by atoms with Gasteiger partial charge in [0.05, 0.1) is 11.3 Å². The number of imide groups is 1. The summed E-state index contributed by atoms with van der Waals surface area (Å²) in [5.74, 6) is -1.30. The Balaban J connectivity index is 1.47. The van der Waals surface area contributed by atoms with E-state index in [0.29, 0.717) is 16.9 Å². The number of hydrogen-bond acceptors (Lipinski definition) is 5. The summed E-state index contributed by atoms with van der Waals surface area (Å²) >= 11 is 0. The molecule has 0 unspecified atom stereocenters. The van der Waals surface area contributed by atoms with Crippen LogP contribution in [0.25, 0.3) is 5.57 Å². The highest BCUT2D eigenvalue weighted by atomic mass is 19.1. The molecule has 0 radical (unpaired) electrons. The highest BCUT2D eigenvalue weighted by Crippen LogP contribution is 2.34. The third-order valence-electron chi connectivity index (χ3n) is 6.24. The molecular weight excluding hydrogens is 431 g/mol. The van der Waals surface area contributed by atoms with Gasteiger partial charge in [-0.05, 0) is 61.1 Å². The van der Waals surface area contributed by atoms with Gasteiger partial charge < -0.3 is 15.1 Å². The second-order valence-electron chi connectivity index (χ2n) is 8.50. The van der Waals surface area contributed by atoms with Crippen LogP contribution in [0.15, 0.2) is 84.6 Å². The lowest BCUT2D eigenvalue weighted by molar-refractivity contribution is -0.120. The van der Waals surface area contributed by atoms with Crippen LogP contribution in [0, 0.1) is 5.82 Å². The molecule has 1 saturated heterocycles. The number of benzene rings is 3. The minimum absolute atomic E-state index is 0.174. The van der Waals surface area contributed by atoms with Gasteiger partial charge in [0.25, 0.3) is 11.8 Å². The van der Waals surface area contributed by atoms with E-state index in [4.69, 9.17) is 0 Å². The molecule has 0 bridgehead atoms. The molecule has 0 aromatic heterocycles. The molecule has 0 atom stereocenters. The average molecular weight is 457 g/mol. The van der Waals surface area contributed by atoms with Gasteiger partial charge in [-0.3, -0.25) is 9.59 Å². The normalized spacial score (nSPS) is 17.0. The molecule has 0 saturated carbocycles. The zero-order chi connectivity index (χ0) is 23.7. The van der Waals surface area contributed by atoms with E-state index < -0.39 is 17.6 Å². The van der Waals surface area contributed by atoms with Gasteiger partial charge in [0.15, 0.2) is 0 Å². The van der Waals surface area contributed by atoms with Crippen LogP contribution in [-0.4, -0.2) is 49.9 Å². The lowest BCUT2D eigenvalue weighted by Crippen LogP contribution is -2.44. The molecule has 0 spiro atoms. The largest absolute Gasteiger partial charge is 0.369 e. The molecule has 3 aromatic rings. The summed E-state index contributed by atoms with van der Waals surface area (Å²) in [6.45, 7) is 3.95.